The second-order valence-electron chi connectivity index (χ2n) is 6.38. The summed E-state index contributed by atoms with van der Waals surface area (Å²) in [7, 11) is 0. The van der Waals surface area contributed by atoms with Gasteiger partial charge in [-0.1, -0.05) is 0 Å². The van der Waals surface area contributed by atoms with Gasteiger partial charge in [0.05, 0.1) is 5.56 Å². The molecule has 0 bridgehead atoms. The molecule has 1 N–H and O–H groups in total. The van der Waals surface area contributed by atoms with Crippen LogP contribution >= 0.6 is 0 Å². The molecule has 4 nitrogen and oxygen atoms in total. The number of nitrogens with one attached hydrogen (secondary N) is 1. The maximum Gasteiger partial charge on any atom is 0.416 e. The fourth-order valence-electron chi connectivity index (χ4n) is 2.82. The van der Waals surface area contributed by atoms with Crippen molar-refractivity contribution >= 4 is 17.0 Å². The molecule has 0 aliphatic heterocycles. The molecule has 3 aromatic rings. The van der Waals surface area contributed by atoms with Crippen molar-refractivity contribution in [3.8, 4) is 11.5 Å². The lowest BCUT2D eigenvalue weighted by Gasteiger charge is -2.26. The summed E-state index contributed by atoms with van der Waals surface area (Å²) in [4.78, 5) is 16.5. The van der Waals surface area contributed by atoms with Gasteiger partial charge >= 0.3 is 6.18 Å². The summed E-state index contributed by atoms with van der Waals surface area (Å²) >= 11 is 0. The van der Waals surface area contributed by atoms with Crippen LogP contribution in [0.5, 0.6) is 0 Å². The van der Waals surface area contributed by atoms with Crippen LogP contribution in [0.25, 0.3) is 22.6 Å². The minimum absolute atomic E-state index is 0.157. The largest absolute Gasteiger partial charge is 0.436 e. The molecule has 1 aromatic heterocycles. The Bertz CT molecular complexity index is 957. The van der Waals surface area contributed by atoms with Gasteiger partial charge in [-0.25, -0.2) is 4.98 Å². The van der Waals surface area contributed by atoms with Gasteiger partial charge in [0.2, 0.25) is 5.89 Å². The monoisotopic (exact) mass is 360 g/mol. The highest BCUT2D eigenvalue weighted by molar-refractivity contribution is 5.97. The van der Waals surface area contributed by atoms with Crippen LogP contribution in [-0.4, -0.2) is 16.9 Å². The molecule has 0 saturated heterocycles. The second kappa shape index (κ2) is 6.16. The lowest BCUT2D eigenvalue weighted by molar-refractivity contribution is -0.137. The minimum Gasteiger partial charge on any atom is -0.436 e. The van der Waals surface area contributed by atoms with Crippen LogP contribution in [0.2, 0.25) is 0 Å². The topological polar surface area (TPSA) is 55.1 Å². The number of halogens is 3. The number of aromatic nitrogens is 1. The van der Waals surface area contributed by atoms with Gasteiger partial charge in [-0.15, -0.1) is 0 Å². The Morgan fingerprint density at radius 3 is 2.46 bits per heavy atom. The van der Waals surface area contributed by atoms with E-state index in [9.17, 15) is 18.0 Å². The Kier molecular flexibility index (Phi) is 3.94. The van der Waals surface area contributed by atoms with Crippen molar-refractivity contribution in [2.75, 3.05) is 0 Å². The first-order chi connectivity index (χ1) is 12.4. The van der Waals surface area contributed by atoms with Crippen molar-refractivity contribution in [1.82, 2.24) is 10.3 Å². The summed E-state index contributed by atoms with van der Waals surface area (Å²) in [6.45, 7) is 0. The predicted molar refractivity (Wildman–Crippen MR) is 89.6 cm³/mol. The van der Waals surface area contributed by atoms with Gasteiger partial charge in [-0.3, -0.25) is 4.79 Å². The Hall–Kier alpha value is -2.83. The van der Waals surface area contributed by atoms with Crippen LogP contribution in [0.4, 0.5) is 13.2 Å². The van der Waals surface area contributed by atoms with E-state index in [0.717, 1.165) is 31.4 Å². The van der Waals surface area contributed by atoms with Crippen LogP contribution in [0.15, 0.2) is 46.9 Å². The molecule has 0 atom stereocenters. The predicted octanol–water partition coefficient (Wildman–Crippen LogP) is 4.80. The van der Waals surface area contributed by atoms with Crippen molar-refractivity contribution in [2.24, 2.45) is 0 Å². The van der Waals surface area contributed by atoms with Crippen molar-refractivity contribution < 1.29 is 22.4 Å². The van der Waals surface area contributed by atoms with E-state index in [2.05, 4.69) is 10.3 Å². The molecular formula is C19H15F3N2O2. The van der Waals surface area contributed by atoms with E-state index in [1.807, 2.05) is 0 Å². The number of amides is 1. The van der Waals surface area contributed by atoms with Gasteiger partial charge in [0, 0.05) is 17.2 Å². The zero-order valence-electron chi connectivity index (χ0n) is 13.6. The Morgan fingerprint density at radius 2 is 1.85 bits per heavy atom. The first-order valence-corrected chi connectivity index (χ1v) is 8.29. The SMILES string of the molecule is O=C(NC1CCC1)c1ccc2oc(-c3ccc(C(F)(F)F)cc3)nc2c1. The van der Waals surface area contributed by atoms with E-state index < -0.39 is 11.7 Å². The van der Waals surface area contributed by atoms with E-state index in [1.54, 1.807) is 18.2 Å². The molecule has 1 fully saturated rings. The first-order valence-electron chi connectivity index (χ1n) is 8.29. The summed E-state index contributed by atoms with van der Waals surface area (Å²) in [5, 5.41) is 2.95. The van der Waals surface area contributed by atoms with Crippen LogP contribution in [0, 0.1) is 0 Å². The van der Waals surface area contributed by atoms with Gasteiger partial charge in [-0.2, -0.15) is 13.2 Å². The normalized spacial score (nSPS) is 15.0. The Balaban J connectivity index is 1.60. The molecule has 1 aliphatic rings. The molecule has 1 aliphatic carbocycles. The third-order valence-electron chi connectivity index (χ3n) is 4.55. The number of rotatable bonds is 3. The number of carbonyl (C=O) groups is 1. The smallest absolute Gasteiger partial charge is 0.416 e. The summed E-state index contributed by atoms with van der Waals surface area (Å²) in [5.41, 5.74) is 1.15. The molecule has 26 heavy (non-hydrogen) atoms. The lowest BCUT2D eigenvalue weighted by atomic mass is 9.93. The quantitative estimate of drug-likeness (QED) is 0.730. The van der Waals surface area contributed by atoms with Crippen LogP contribution in [0.3, 0.4) is 0 Å². The molecular weight excluding hydrogens is 345 g/mol. The number of nitrogens with zero attached hydrogens (tertiary/aromatic N) is 1. The van der Waals surface area contributed by atoms with Crippen molar-refractivity contribution in [1.29, 1.82) is 0 Å². The maximum absolute atomic E-state index is 12.7. The maximum atomic E-state index is 12.7. The molecule has 0 radical (unpaired) electrons. The van der Waals surface area contributed by atoms with Crippen molar-refractivity contribution in [2.45, 2.75) is 31.5 Å². The second-order valence-corrected chi connectivity index (χ2v) is 6.38. The number of carbonyl (C=O) groups excluding carboxylic acids is 1. The van der Waals surface area contributed by atoms with E-state index in [4.69, 9.17) is 4.42 Å². The molecule has 7 heteroatoms. The van der Waals surface area contributed by atoms with Gasteiger partial charge < -0.3 is 9.73 Å². The lowest BCUT2D eigenvalue weighted by Crippen LogP contribution is -2.39. The summed E-state index contributed by atoms with van der Waals surface area (Å²) in [6, 6.07) is 9.77. The van der Waals surface area contributed by atoms with Gasteiger partial charge in [-0.05, 0) is 61.7 Å². The molecule has 1 saturated carbocycles. The number of oxazole rings is 1. The number of alkyl halides is 3. The first kappa shape index (κ1) is 16.6. The minimum atomic E-state index is -4.39. The van der Waals surface area contributed by atoms with Crippen molar-refractivity contribution in [3.63, 3.8) is 0 Å². The average Bonchev–Trinajstić information content (AvgIpc) is 3.00. The highest BCUT2D eigenvalue weighted by Crippen LogP contribution is 2.31. The van der Waals surface area contributed by atoms with Crippen LogP contribution < -0.4 is 5.32 Å². The van der Waals surface area contributed by atoms with Crippen LogP contribution in [0.1, 0.15) is 35.2 Å². The fourth-order valence-corrected chi connectivity index (χ4v) is 2.82. The van der Waals surface area contributed by atoms with E-state index >= 15 is 0 Å². The fraction of sp³-hybridized carbons (Fsp3) is 0.263. The summed E-state index contributed by atoms with van der Waals surface area (Å²) < 4.78 is 43.6. The summed E-state index contributed by atoms with van der Waals surface area (Å²) in [6.07, 6.45) is -1.27. The van der Waals surface area contributed by atoms with Crippen LogP contribution in [-0.2, 0) is 6.18 Å². The number of benzene rings is 2. The third kappa shape index (κ3) is 3.16. The number of hydrogen-bond acceptors (Lipinski definition) is 3. The zero-order valence-corrected chi connectivity index (χ0v) is 13.6. The van der Waals surface area contributed by atoms with E-state index in [-0.39, 0.29) is 17.8 Å². The average molecular weight is 360 g/mol. The number of hydrogen-bond donors (Lipinski definition) is 1. The van der Waals surface area contributed by atoms with Crippen molar-refractivity contribution in [3.05, 3.63) is 53.6 Å². The zero-order chi connectivity index (χ0) is 18.3. The standard InChI is InChI=1S/C19H15F3N2O2/c20-19(21,22)13-7-4-11(5-8-13)18-24-15-10-12(6-9-16(15)26-18)17(25)23-14-2-1-3-14/h4-10,14H,1-3H2,(H,23,25). The highest BCUT2D eigenvalue weighted by Gasteiger charge is 2.30. The Labute approximate surface area is 147 Å². The Morgan fingerprint density at radius 1 is 1.12 bits per heavy atom. The molecule has 2 aromatic carbocycles. The van der Waals surface area contributed by atoms with E-state index in [1.165, 1.54) is 12.1 Å². The third-order valence-corrected chi connectivity index (χ3v) is 4.55. The molecule has 0 spiro atoms. The summed E-state index contributed by atoms with van der Waals surface area (Å²) in [5.74, 6) is 0.0564. The molecule has 1 amide bonds. The molecule has 1 heterocycles. The van der Waals surface area contributed by atoms with Gasteiger partial charge in [0.15, 0.2) is 5.58 Å². The van der Waals surface area contributed by atoms with Gasteiger partial charge in [0.1, 0.15) is 5.52 Å². The van der Waals surface area contributed by atoms with E-state index in [0.29, 0.717) is 22.2 Å². The van der Waals surface area contributed by atoms with Gasteiger partial charge in [0.25, 0.3) is 5.91 Å². The molecule has 4 rings (SSSR count). The molecule has 0 unspecified atom stereocenters. The molecule has 134 valence electrons. The highest BCUT2D eigenvalue weighted by atomic mass is 19.4. The number of fused-ring (bicyclic) bond motifs is 1.